The zero-order valence-electron chi connectivity index (χ0n) is 16.3. The van der Waals surface area contributed by atoms with Gasteiger partial charge in [0, 0.05) is 0 Å². The molecule has 0 heterocycles. The van der Waals surface area contributed by atoms with Gasteiger partial charge in [-0.25, -0.2) is 0 Å². The molecule has 0 saturated heterocycles. The molecule has 0 radical (unpaired) electrons. The van der Waals surface area contributed by atoms with Gasteiger partial charge in [-0.15, -0.1) is 6.58 Å². The van der Waals surface area contributed by atoms with Crippen molar-refractivity contribution in [3.63, 3.8) is 0 Å². The third-order valence-electron chi connectivity index (χ3n) is 4.69. The normalized spacial score (nSPS) is 16.2. The monoisotopic (exact) mass is 456 g/mol. The second-order valence-corrected chi connectivity index (χ2v) is 7.92. The van der Waals surface area contributed by atoms with E-state index in [1.807, 2.05) is 6.92 Å². The Morgan fingerprint density at radius 1 is 0.913 bits per heavy atom. The highest BCUT2D eigenvalue weighted by Gasteiger charge is 2.15. The largest absolute Gasteiger partial charge is 0.386 e. The van der Waals surface area contributed by atoms with Crippen molar-refractivity contribution in [1.82, 2.24) is 0 Å². The third-order valence-corrected chi connectivity index (χ3v) is 4.69. The van der Waals surface area contributed by atoms with Crippen LogP contribution in [0.3, 0.4) is 0 Å². The minimum Gasteiger partial charge on any atom is -0.386 e. The highest BCUT2D eigenvalue weighted by Crippen LogP contribution is 2.23. The molecule has 4 atom stereocenters. The summed E-state index contributed by atoms with van der Waals surface area (Å²) in [4.78, 5) is 0. The average Bonchev–Trinajstić information content (AvgIpc) is 2.48. The summed E-state index contributed by atoms with van der Waals surface area (Å²) in [6.45, 7) is 17.3. The van der Waals surface area contributed by atoms with Crippen molar-refractivity contribution in [1.29, 1.82) is 0 Å². The van der Waals surface area contributed by atoms with Gasteiger partial charge in [0.05, 0.1) is 5.60 Å². The van der Waals surface area contributed by atoms with Crippen molar-refractivity contribution < 1.29 is 5.11 Å². The lowest BCUT2D eigenvalue weighted by atomic mass is 9.90. The van der Waals surface area contributed by atoms with Crippen LogP contribution in [0.4, 0.5) is 0 Å². The van der Waals surface area contributed by atoms with Crippen LogP contribution in [-0.4, -0.2) is 10.7 Å². The molecule has 0 fully saturated rings. The van der Waals surface area contributed by atoms with E-state index in [4.69, 9.17) is 0 Å². The molecule has 1 nitrogen and oxygen atoms in total. The summed E-state index contributed by atoms with van der Waals surface area (Å²) in [5, 5.41) is 9.89. The van der Waals surface area contributed by atoms with Gasteiger partial charge >= 0.3 is 0 Å². The van der Waals surface area contributed by atoms with E-state index >= 15 is 0 Å². The van der Waals surface area contributed by atoms with E-state index in [1.54, 1.807) is 6.08 Å². The van der Waals surface area contributed by atoms with E-state index in [-0.39, 0.29) is 0 Å². The Bertz CT molecular complexity index is 266. The van der Waals surface area contributed by atoms with Crippen LogP contribution in [0.2, 0.25) is 0 Å². The number of hydrogen-bond acceptors (Lipinski definition) is 1. The fraction of sp³-hybridized carbons (Fsp3) is 0.900. The molecular formula is C20H42IOP. The Hall–Kier alpha value is 0.860. The van der Waals surface area contributed by atoms with E-state index in [2.05, 4.69) is 63.2 Å². The Labute approximate surface area is 162 Å². The highest BCUT2D eigenvalue weighted by atomic mass is 127. The molecular weight excluding hydrogens is 414 g/mol. The average molecular weight is 456 g/mol. The van der Waals surface area contributed by atoms with Crippen molar-refractivity contribution in [2.24, 2.45) is 17.8 Å². The summed E-state index contributed by atoms with van der Waals surface area (Å²) in [6.07, 6.45) is 13.1. The zero-order chi connectivity index (χ0) is 18.3. The first-order chi connectivity index (χ1) is 10.8. The maximum atomic E-state index is 9.89. The molecule has 140 valence electrons. The van der Waals surface area contributed by atoms with Gasteiger partial charge in [-0.05, 0) is 31.1 Å². The van der Waals surface area contributed by atoms with Crippen molar-refractivity contribution in [2.45, 2.75) is 98.0 Å². The summed E-state index contributed by atoms with van der Waals surface area (Å²) in [5.74, 6) is 2.52. The second kappa shape index (κ2) is 16.3. The van der Waals surface area contributed by atoms with E-state index in [0.717, 1.165) is 30.6 Å². The Kier molecular flexibility index (Phi) is 18.5. The van der Waals surface area contributed by atoms with Gasteiger partial charge in [-0.3, -0.25) is 0 Å². The van der Waals surface area contributed by atoms with E-state index in [9.17, 15) is 5.11 Å². The molecule has 0 aromatic heterocycles. The zero-order valence-corrected chi connectivity index (χ0v) is 19.6. The van der Waals surface area contributed by atoms with Crippen LogP contribution in [0.15, 0.2) is 12.7 Å². The lowest BCUT2D eigenvalue weighted by Crippen LogP contribution is -2.20. The van der Waals surface area contributed by atoms with Crippen LogP contribution in [0.1, 0.15) is 92.4 Å². The van der Waals surface area contributed by atoms with Gasteiger partial charge in [-0.1, -0.05) is 114 Å². The Morgan fingerprint density at radius 2 is 1.30 bits per heavy atom. The van der Waals surface area contributed by atoms with Crippen LogP contribution in [0.25, 0.3) is 0 Å². The standard InChI is InChI=1S/C20H40O.H2IP/c1-7-20(6,21)16-10-15-19(5)14-9-13-18(4)12-8-11-17(2)3;1-2/h7,17-19,21H,1,8-16H2,2-6H3;2H2. The quantitative estimate of drug-likeness (QED) is 0.172. The minimum absolute atomic E-state index is 0.676. The number of hydrogen-bond donors (Lipinski definition) is 1. The maximum absolute atomic E-state index is 9.89. The van der Waals surface area contributed by atoms with Gasteiger partial charge in [0.15, 0.2) is 0 Å². The molecule has 0 aromatic rings. The first-order valence-electron chi connectivity index (χ1n) is 9.34. The molecule has 0 aliphatic carbocycles. The van der Waals surface area contributed by atoms with Crippen molar-refractivity contribution in [3.8, 4) is 0 Å². The van der Waals surface area contributed by atoms with E-state index in [1.165, 1.54) is 44.9 Å². The molecule has 3 heteroatoms. The molecule has 0 saturated carbocycles. The lowest BCUT2D eigenvalue weighted by molar-refractivity contribution is 0.0974. The molecule has 0 bridgehead atoms. The van der Waals surface area contributed by atoms with Crippen molar-refractivity contribution in [3.05, 3.63) is 12.7 Å². The molecule has 0 aromatic carbocycles. The number of rotatable bonds is 13. The Morgan fingerprint density at radius 3 is 1.70 bits per heavy atom. The van der Waals surface area contributed by atoms with Gasteiger partial charge in [0.2, 0.25) is 0 Å². The van der Waals surface area contributed by atoms with Gasteiger partial charge in [0.1, 0.15) is 0 Å². The summed E-state index contributed by atoms with van der Waals surface area (Å²) in [5.41, 5.74) is -0.676. The molecule has 23 heavy (non-hydrogen) atoms. The van der Waals surface area contributed by atoms with Crippen molar-refractivity contribution >= 4 is 28.9 Å². The molecule has 1 N–H and O–H groups in total. The van der Waals surface area contributed by atoms with Gasteiger partial charge in [-0.2, -0.15) is 0 Å². The van der Waals surface area contributed by atoms with Crippen LogP contribution in [0.5, 0.6) is 0 Å². The SMILES string of the molecule is C=CC(C)(O)CCCC(C)CCCC(C)CCCC(C)C.PI. The van der Waals surface area contributed by atoms with Gasteiger partial charge in [0.25, 0.3) is 0 Å². The molecule has 0 aliphatic heterocycles. The van der Waals surface area contributed by atoms with Gasteiger partial charge < -0.3 is 5.11 Å². The van der Waals surface area contributed by atoms with E-state index < -0.39 is 5.60 Å². The van der Waals surface area contributed by atoms with Crippen molar-refractivity contribution in [2.75, 3.05) is 0 Å². The third kappa shape index (κ3) is 19.0. The smallest absolute Gasteiger partial charge is 0.0797 e. The fourth-order valence-electron chi connectivity index (χ4n) is 2.89. The summed E-state index contributed by atoms with van der Waals surface area (Å²) < 4.78 is 0. The van der Waals surface area contributed by atoms with Crippen LogP contribution < -0.4 is 0 Å². The lowest BCUT2D eigenvalue weighted by Gasteiger charge is -2.20. The topological polar surface area (TPSA) is 20.2 Å². The molecule has 0 rings (SSSR count). The van der Waals surface area contributed by atoms with Crippen LogP contribution >= 0.6 is 28.9 Å². The van der Waals surface area contributed by atoms with Crippen LogP contribution in [-0.2, 0) is 0 Å². The minimum atomic E-state index is -0.676. The maximum Gasteiger partial charge on any atom is 0.0797 e. The first-order valence-corrected chi connectivity index (χ1v) is 13.5. The second-order valence-electron chi connectivity index (χ2n) is 7.92. The highest BCUT2D eigenvalue weighted by molar-refractivity contribution is 14.2. The van der Waals surface area contributed by atoms with Crippen LogP contribution in [0, 0.1) is 17.8 Å². The molecule has 0 aliphatic rings. The summed E-state index contributed by atoms with van der Waals surface area (Å²) >= 11 is 2.07. The van der Waals surface area contributed by atoms with E-state index in [0.29, 0.717) is 0 Å². The summed E-state index contributed by atoms with van der Waals surface area (Å²) in [7, 11) is 0. The fourth-order valence-corrected chi connectivity index (χ4v) is 2.89. The number of halogens is 1. The molecule has 4 unspecified atom stereocenters. The number of aliphatic hydroxyl groups is 1. The Balaban J connectivity index is 0. The summed E-state index contributed by atoms with van der Waals surface area (Å²) in [6, 6.07) is 0. The predicted molar refractivity (Wildman–Crippen MR) is 119 cm³/mol. The predicted octanol–water partition coefficient (Wildman–Crippen LogP) is 7.57. The first kappa shape index (κ1) is 26.1. The molecule has 0 spiro atoms. The molecule has 0 amide bonds.